The molecule has 8 nitrogen and oxygen atoms in total. The largest absolute Gasteiger partial charge is 0.542 e. The number of aliphatic carboxylic acids is 1. The molecule has 0 rings (SSSR count). The van der Waals surface area contributed by atoms with Crippen LogP contribution in [0.2, 0.25) is 0 Å². The van der Waals surface area contributed by atoms with E-state index in [1.807, 2.05) is 0 Å². The van der Waals surface area contributed by atoms with Gasteiger partial charge in [0.2, 0.25) is 5.78 Å². The zero-order chi connectivity index (χ0) is 12.2. The van der Waals surface area contributed by atoms with E-state index < -0.39 is 42.8 Å². The van der Waals surface area contributed by atoms with Crippen molar-refractivity contribution in [3.8, 4) is 0 Å². The fourth-order valence-corrected chi connectivity index (χ4v) is 0.798. The number of hydrogen-bond acceptors (Lipinski definition) is 8. The van der Waals surface area contributed by atoms with E-state index in [0.717, 1.165) is 0 Å². The predicted octanol–water partition coefficient (Wildman–Crippen LogP) is -5.26. The van der Waals surface area contributed by atoms with Crippen LogP contribution in [0.15, 0.2) is 0 Å². The van der Waals surface area contributed by atoms with Crippen LogP contribution in [0, 0.1) is 0 Å². The molecule has 0 radical (unpaired) electrons. The minimum Gasteiger partial charge on any atom is -0.542 e. The molecule has 0 saturated carbocycles. The van der Waals surface area contributed by atoms with Crippen LogP contribution >= 0.6 is 0 Å². The first kappa shape index (κ1) is 13.9. The number of aliphatic hydroxyl groups excluding tert-OH is 5. The molecule has 0 unspecified atom stereocenters. The van der Waals surface area contributed by atoms with E-state index in [0.29, 0.717) is 0 Å². The highest BCUT2D eigenvalue weighted by Gasteiger charge is 2.34. The Labute approximate surface area is 84.0 Å². The van der Waals surface area contributed by atoms with Crippen molar-refractivity contribution < 1.29 is 40.2 Å². The van der Waals surface area contributed by atoms with Gasteiger partial charge in [-0.1, -0.05) is 0 Å². The molecule has 0 aromatic carbocycles. The maximum atomic E-state index is 10.6. The Morgan fingerprint density at radius 3 is 1.87 bits per heavy atom. The summed E-state index contributed by atoms with van der Waals surface area (Å²) in [6.45, 7) is -0.926. The number of hydrogen-bond donors (Lipinski definition) is 5. The summed E-state index contributed by atoms with van der Waals surface area (Å²) in [4.78, 5) is 20.6. The standard InChI is InChI=1S/C7H12O8/c8-1-2(9)3(10)4(11)5(12)6(13)7(14)15/h2-5,8-12H,1H2,(H,14,15)/p-1/t2-,3-,4+,5+/m1/s1. The van der Waals surface area contributed by atoms with Crippen molar-refractivity contribution in [2.24, 2.45) is 0 Å². The molecule has 0 heterocycles. The minimum absolute atomic E-state index is 0.926. The lowest BCUT2D eigenvalue weighted by Crippen LogP contribution is -2.52. The summed E-state index contributed by atoms with van der Waals surface area (Å²) in [5.74, 6) is -4.06. The van der Waals surface area contributed by atoms with Gasteiger partial charge in [-0.25, -0.2) is 0 Å². The first-order valence-electron chi connectivity index (χ1n) is 3.91. The number of Topliss-reactive ketones (excluding diaryl/α,β-unsaturated/α-hetero) is 1. The third kappa shape index (κ3) is 3.53. The van der Waals surface area contributed by atoms with Crippen molar-refractivity contribution in [2.75, 3.05) is 6.61 Å². The van der Waals surface area contributed by atoms with Crippen molar-refractivity contribution in [1.29, 1.82) is 0 Å². The van der Waals surface area contributed by atoms with Crippen LogP contribution in [0.3, 0.4) is 0 Å². The summed E-state index contributed by atoms with van der Waals surface area (Å²) in [7, 11) is 0. The topological polar surface area (TPSA) is 158 Å². The van der Waals surface area contributed by atoms with Crippen LogP contribution in [-0.2, 0) is 9.59 Å². The molecule has 0 spiro atoms. The molecule has 0 fully saturated rings. The highest BCUT2D eigenvalue weighted by Crippen LogP contribution is 2.05. The summed E-state index contributed by atoms with van der Waals surface area (Å²) in [6, 6.07) is 0. The molecule has 0 aliphatic rings. The van der Waals surface area contributed by atoms with E-state index in [1.165, 1.54) is 0 Å². The van der Waals surface area contributed by atoms with Crippen molar-refractivity contribution in [1.82, 2.24) is 0 Å². The van der Waals surface area contributed by atoms with E-state index in [1.54, 1.807) is 0 Å². The van der Waals surface area contributed by atoms with Crippen molar-refractivity contribution in [2.45, 2.75) is 24.4 Å². The molecular weight excluding hydrogens is 212 g/mol. The Morgan fingerprint density at radius 2 is 1.53 bits per heavy atom. The maximum Gasteiger partial charge on any atom is 0.209 e. The van der Waals surface area contributed by atoms with Gasteiger partial charge in [-0.2, -0.15) is 0 Å². The Hall–Kier alpha value is -1.06. The molecule has 0 aliphatic carbocycles. The molecule has 0 bridgehead atoms. The molecule has 8 heteroatoms. The second-order valence-corrected chi connectivity index (χ2v) is 2.83. The second-order valence-electron chi connectivity index (χ2n) is 2.83. The Morgan fingerprint density at radius 1 is 1.07 bits per heavy atom. The third-order valence-corrected chi connectivity index (χ3v) is 1.72. The molecule has 0 aliphatic heterocycles. The van der Waals surface area contributed by atoms with E-state index >= 15 is 0 Å². The van der Waals surface area contributed by atoms with Crippen LogP contribution in [0.25, 0.3) is 0 Å². The summed E-state index contributed by atoms with van der Waals surface area (Å²) in [5, 5.41) is 54.1. The third-order valence-electron chi connectivity index (χ3n) is 1.72. The van der Waals surface area contributed by atoms with Crippen molar-refractivity contribution in [3.05, 3.63) is 0 Å². The normalized spacial score (nSPS) is 19.0. The number of carbonyl (C=O) groups excluding carboxylic acids is 2. The Kier molecular flexibility index (Phi) is 5.33. The van der Waals surface area contributed by atoms with Crippen molar-refractivity contribution >= 4 is 11.8 Å². The molecule has 4 atom stereocenters. The quantitative estimate of drug-likeness (QED) is 0.279. The fraction of sp³-hybridized carbons (Fsp3) is 0.714. The average Bonchev–Trinajstić information content (AvgIpc) is 2.23. The smallest absolute Gasteiger partial charge is 0.209 e. The van der Waals surface area contributed by atoms with E-state index in [-0.39, 0.29) is 0 Å². The van der Waals surface area contributed by atoms with Gasteiger partial charge in [0.25, 0.3) is 0 Å². The fourth-order valence-electron chi connectivity index (χ4n) is 0.798. The molecular formula is C7H11O8-. The van der Waals surface area contributed by atoms with E-state index in [9.17, 15) is 14.7 Å². The number of carbonyl (C=O) groups is 2. The average molecular weight is 223 g/mol. The van der Waals surface area contributed by atoms with Gasteiger partial charge >= 0.3 is 0 Å². The van der Waals surface area contributed by atoms with Gasteiger partial charge in [0.1, 0.15) is 30.4 Å². The monoisotopic (exact) mass is 223 g/mol. The summed E-state index contributed by atoms with van der Waals surface area (Å²) in [5.41, 5.74) is 0. The second kappa shape index (κ2) is 5.73. The summed E-state index contributed by atoms with van der Waals surface area (Å²) >= 11 is 0. The van der Waals surface area contributed by atoms with Crippen molar-refractivity contribution in [3.63, 3.8) is 0 Å². The molecule has 0 aromatic rings. The zero-order valence-corrected chi connectivity index (χ0v) is 7.48. The SMILES string of the molecule is O=C([O-])C(=O)[C@@H](O)[C@@H](O)[C@H](O)[C@H](O)CO. The molecule has 88 valence electrons. The van der Waals surface area contributed by atoms with Crippen LogP contribution < -0.4 is 5.11 Å². The minimum atomic E-state index is -2.42. The lowest BCUT2D eigenvalue weighted by molar-refractivity contribution is -0.301. The van der Waals surface area contributed by atoms with Crippen LogP contribution in [0.5, 0.6) is 0 Å². The van der Waals surface area contributed by atoms with Gasteiger partial charge in [0.15, 0.2) is 0 Å². The van der Waals surface area contributed by atoms with Gasteiger partial charge < -0.3 is 35.4 Å². The van der Waals surface area contributed by atoms with Gasteiger partial charge in [-0.3, -0.25) is 4.79 Å². The Bertz CT molecular complexity index is 239. The Balaban J connectivity index is 4.50. The van der Waals surface area contributed by atoms with Crippen LogP contribution in [0.4, 0.5) is 0 Å². The predicted molar refractivity (Wildman–Crippen MR) is 41.1 cm³/mol. The van der Waals surface area contributed by atoms with Gasteiger partial charge in [-0.15, -0.1) is 0 Å². The summed E-state index contributed by atoms with van der Waals surface area (Å²) in [6.07, 6.45) is -8.50. The number of rotatable bonds is 6. The molecule has 0 saturated heterocycles. The molecule has 0 amide bonds. The number of carboxylic acid groups (broad SMARTS) is 1. The highest BCUT2D eigenvalue weighted by atomic mass is 16.4. The lowest BCUT2D eigenvalue weighted by Gasteiger charge is -2.24. The van der Waals surface area contributed by atoms with Gasteiger partial charge in [0, 0.05) is 0 Å². The number of carboxylic acids is 1. The van der Waals surface area contributed by atoms with E-state index in [2.05, 4.69) is 0 Å². The summed E-state index contributed by atoms with van der Waals surface area (Å²) < 4.78 is 0. The highest BCUT2D eigenvalue weighted by molar-refractivity contribution is 6.33. The van der Waals surface area contributed by atoms with Crippen LogP contribution in [-0.4, -0.2) is 68.3 Å². The van der Waals surface area contributed by atoms with Crippen LogP contribution in [0.1, 0.15) is 0 Å². The molecule has 0 aromatic heterocycles. The first-order valence-corrected chi connectivity index (χ1v) is 3.91. The zero-order valence-electron chi connectivity index (χ0n) is 7.48. The first-order chi connectivity index (χ1) is 6.82. The lowest BCUT2D eigenvalue weighted by atomic mass is 10.0. The number of aliphatic hydroxyl groups is 5. The van der Waals surface area contributed by atoms with Gasteiger partial charge in [0.05, 0.1) is 6.61 Å². The molecule has 5 N–H and O–H groups in total. The molecule has 15 heavy (non-hydrogen) atoms. The number of ketones is 1. The van der Waals surface area contributed by atoms with E-state index in [4.69, 9.17) is 25.5 Å². The maximum absolute atomic E-state index is 10.6. The van der Waals surface area contributed by atoms with Gasteiger partial charge in [-0.05, 0) is 0 Å².